The highest BCUT2D eigenvalue weighted by atomic mass is 35.5. The van der Waals surface area contributed by atoms with Gasteiger partial charge < -0.3 is 4.90 Å². The number of hydrogen-bond acceptors (Lipinski definition) is 6. The molecule has 138 valence electrons. The topological polar surface area (TPSA) is 49.3 Å². The molecule has 27 heavy (non-hydrogen) atoms. The van der Waals surface area contributed by atoms with Gasteiger partial charge in [-0.3, -0.25) is 9.69 Å². The van der Waals surface area contributed by atoms with Crippen LogP contribution >= 0.6 is 34.3 Å². The van der Waals surface area contributed by atoms with E-state index in [-0.39, 0.29) is 5.91 Å². The SMILES string of the molecule is CN(C)CCN(C(=O)c1nc2ccccc2s1)c1nc2c(Cl)cccc2s1. The smallest absolute Gasteiger partial charge is 0.289 e. The van der Waals surface area contributed by atoms with Gasteiger partial charge in [0.15, 0.2) is 10.1 Å². The summed E-state index contributed by atoms with van der Waals surface area (Å²) in [5.41, 5.74) is 1.57. The summed E-state index contributed by atoms with van der Waals surface area (Å²) in [5.74, 6) is -0.131. The molecule has 1 amide bonds. The Bertz CT molecular complexity index is 1090. The molecule has 0 bridgehead atoms. The molecule has 0 aliphatic rings. The number of likely N-dealkylation sites (N-methyl/N-ethyl adjacent to an activating group) is 1. The van der Waals surface area contributed by atoms with Crippen molar-refractivity contribution in [3.8, 4) is 0 Å². The summed E-state index contributed by atoms with van der Waals surface area (Å²) in [6, 6.07) is 13.5. The molecule has 4 rings (SSSR count). The van der Waals surface area contributed by atoms with Crippen LogP contribution in [0.2, 0.25) is 5.02 Å². The van der Waals surface area contributed by atoms with Gasteiger partial charge in [0, 0.05) is 13.1 Å². The first kappa shape index (κ1) is 18.3. The Morgan fingerprint density at radius 3 is 2.52 bits per heavy atom. The Labute approximate surface area is 169 Å². The predicted molar refractivity (Wildman–Crippen MR) is 114 cm³/mol. The van der Waals surface area contributed by atoms with Crippen molar-refractivity contribution in [3.63, 3.8) is 0 Å². The average Bonchev–Trinajstić information content (AvgIpc) is 3.26. The Kier molecular flexibility index (Phi) is 5.10. The first-order valence-electron chi connectivity index (χ1n) is 8.40. The molecule has 2 aromatic carbocycles. The van der Waals surface area contributed by atoms with Gasteiger partial charge in [-0.25, -0.2) is 9.97 Å². The number of aromatic nitrogens is 2. The highest BCUT2D eigenvalue weighted by Gasteiger charge is 2.24. The van der Waals surface area contributed by atoms with Crippen LogP contribution in [-0.2, 0) is 0 Å². The normalized spacial score (nSPS) is 11.6. The van der Waals surface area contributed by atoms with Crippen LogP contribution < -0.4 is 4.90 Å². The summed E-state index contributed by atoms with van der Waals surface area (Å²) in [6.45, 7) is 1.25. The first-order valence-corrected chi connectivity index (χ1v) is 10.4. The second-order valence-electron chi connectivity index (χ2n) is 6.33. The molecule has 0 aliphatic carbocycles. The molecular weight excluding hydrogens is 400 g/mol. The van der Waals surface area contributed by atoms with Crippen LogP contribution in [0.3, 0.4) is 0 Å². The summed E-state index contributed by atoms with van der Waals surface area (Å²) < 4.78 is 1.96. The predicted octanol–water partition coefficient (Wildman–Crippen LogP) is 4.77. The molecule has 0 radical (unpaired) electrons. The number of halogens is 1. The minimum atomic E-state index is -0.131. The first-order chi connectivity index (χ1) is 13.0. The number of carbonyl (C=O) groups is 1. The lowest BCUT2D eigenvalue weighted by Crippen LogP contribution is -2.36. The number of nitrogens with zero attached hydrogens (tertiary/aromatic N) is 4. The summed E-state index contributed by atoms with van der Waals surface area (Å²) in [5, 5.41) is 1.71. The summed E-state index contributed by atoms with van der Waals surface area (Å²) in [6.07, 6.45) is 0. The zero-order valence-electron chi connectivity index (χ0n) is 14.8. The number of hydrogen-bond donors (Lipinski definition) is 0. The van der Waals surface area contributed by atoms with Gasteiger partial charge in [0.2, 0.25) is 0 Å². The summed E-state index contributed by atoms with van der Waals surface area (Å²) in [7, 11) is 3.96. The molecule has 0 aliphatic heterocycles. The maximum absolute atomic E-state index is 13.3. The van der Waals surface area contributed by atoms with Crippen LogP contribution in [0.15, 0.2) is 42.5 Å². The van der Waals surface area contributed by atoms with Crippen molar-refractivity contribution < 1.29 is 4.79 Å². The van der Waals surface area contributed by atoms with Gasteiger partial charge in [-0.15, -0.1) is 11.3 Å². The van der Waals surface area contributed by atoms with E-state index in [9.17, 15) is 4.79 Å². The lowest BCUT2D eigenvalue weighted by atomic mass is 10.3. The number of para-hydroxylation sites is 2. The molecule has 2 aromatic heterocycles. The molecule has 2 heterocycles. The van der Waals surface area contributed by atoms with Gasteiger partial charge in [-0.1, -0.05) is 41.1 Å². The van der Waals surface area contributed by atoms with Crippen LogP contribution in [0.4, 0.5) is 5.13 Å². The van der Waals surface area contributed by atoms with Crippen LogP contribution in [0.1, 0.15) is 9.80 Å². The van der Waals surface area contributed by atoms with E-state index < -0.39 is 0 Å². The second-order valence-corrected chi connectivity index (χ2v) is 8.78. The fourth-order valence-corrected chi connectivity index (χ4v) is 4.89. The van der Waals surface area contributed by atoms with Crippen LogP contribution in [0.5, 0.6) is 0 Å². The van der Waals surface area contributed by atoms with Crippen LogP contribution in [-0.4, -0.2) is 48.0 Å². The monoisotopic (exact) mass is 416 g/mol. The Morgan fingerprint density at radius 2 is 1.78 bits per heavy atom. The maximum Gasteiger partial charge on any atom is 0.289 e. The lowest BCUT2D eigenvalue weighted by molar-refractivity contribution is 0.0985. The van der Waals surface area contributed by atoms with Crippen molar-refractivity contribution in [1.82, 2.24) is 14.9 Å². The van der Waals surface area contributed by atoms with E-state index in [0.29, 0.717) is 21.7 Å². The van der Waals surface area contributed by atoms with E-state index in [2.05, 4.69) is 9.97 Å². The van der Waals surface area contributed by atoms with E-state index in [4.69, 9.17) is 11.6 Å². The third-order valence-electron chi connectivity index (χ3n) is 4.08. The molecule has 0 unspecified atom stereocenters. The summed E-state index contributed by atoms with van der Waals surface area (Å²) >= 11 is 9.15. The zero-order valence-corrected chi connectivity index (χ0v) is 17.2. The van der Waals surface area contributed by atoms with Crippen molar-refractivity contribution in [2.75, 3.05) is 32.1 Å². The van der Waals surface area contributed by atoms with E-state index >= 15 is 0 Å². The number of anilines is 1. The van der Waals surface area contributed by atoms with Gasteiger partial charge >= 0.3 is 0 Å². The molecule has 8 heteroatoms. The zero-order chi connectivity index (χ0) is 19.0. The molecule has 4 aromatic rings. The highest BCUT2D eigenvalue weighted by Crippen LogP contribution is 2.34. The molecule has 5 nitrogen and oxygen atoms in total. The number of benzene rings is 2. The van der Waals surface area contributed by atoms with E-state index in [1.165, 1.54) is 22.7 Å². The number of carbonyl (C=O) groups excluding carboxylic acids is 1. The fourth-order valence-electron chi connectivity index (χ4n) is 2.68. The van der Waals surface area contributed by atoms with E-state index in [1.54, 1.807) is 4.90 Å². The molecule has 0 saturated heterocycles. The maximum atomic E-state index is 13.3. The largest absolute Gasteiger partial charge is 0.308 e. The third kappa shape index (κ3) is 3.68. The molecule has 0 N–H and O–H groups in total. The van der Waals surface area contributed by atoms with E-state index in [0.717, 1.165) is 27.0 Å². The number of fused-ring (bicyclic) bond motifs is 2. The van der Waals surface area contributed by atoms with Crippen LogP contribution in [0, 0.1) is 0 Å². The lowest BCUT2D eigenvalue weighted by Gasteiger charge is -2.20. The average molecular weight is 417 g/mol. The number of amides is 1. The van der Waals surface area contributed by atoms with E-state index in [1.807, 2.05) is 61.5 Å². The molecule has 0 saturated carbocycles. The molecule has 0 fully saturated rings. The van der Waals surface area contributed by atoms with Crippen molar-refractivity contribution in [3.05, 3.63) is 52.5 Å². The highest BCUT2D eigenvalue weighted by molar-refractivity contribution is 7.23. The molecular formula is C19H17ClN4OS2. The Hall–Kier alpha value is -2.06. The quantitative estimate of drug-likeness (QED) is 0.470. The number of thiazole rings is 2. The van der Waals surface area contributed by atoms with Crippen molar-refractivity contribution in [2.45, 2.75) is 0 Å². The van der Waals surface area contributed by atoms with Crippen LogP contribution in [0.25, 0.3) is 20.4 Å². The van der Waals surface area contributed by atoms with Gasteiger partial charge in [-0.2, -0.15) is 0 Å². The second kappa shape index (κ2) is 7.52. The minimum Gasteiger partial charge on any atom is -0.308 e. The van der Waals surface area contributed by atoms with Gasteiger partial charge in [-0.05, 0) is 38.4 Å². The Morgan fingerprint density at radius 1 is 1.00 bits per heavy atom. The van der Waals surface area contributed by atoms with Gasteiger partial charge in [0.05, 0.1) is 19.9 Å². The van der Waals surface area contributed by atoms with Crippen molar-refractivity contribution >= 4 is 65.7 Å². The number of rotatable bonds is 5. The van der Waals surface area contributed by atoms with Crippen molar-refractivity contribution in [1.29, 1.82) is 0 Å². The third-order valence-corrected chi connectivity index (χ3v) is 6.46. The minimum absolute atomic E-state index is 0.131. The standard InChI is InChI=1S/C19H17ClN4OS2/c1-23(2)10-11-24(19-22-16-12(20)6-5-9-15(16)27-19)18(25)17-21-13-7-3-4-8-14(13)26-17/h3-9H,10-11H2,1-2H3. The molecule has 0 atom stereocenters. The Balaban J connectivity index is 1.74. The van der Waals surface area contributed by atoms with Gasteiger partial charge in [0.25, 0.3) is 5.91 Å². The summed E-state index contributed by atoms with van der Waals surface area (Å²) in [4.78, 5) is 26.2. The fraction of sp³-hybridized carbons (Fsp3) is 0.211. The van der Waals surface area contributed by atoms with Crippen molar-refractivity contribution in [2.24, 2.45) is 0 Å². The molecule has 0 spiro atoms. The van der Waals surface area contributed by atoms with Gasteiger partial charge in [0.1, 0.15) is 5.52 Å².